The van der Waals surface area contributed by atoms with E-state index >= 15 is 0 Å². The maximum Gasteiger partial charge on any atom is 0.338 e. The first-order chi connectivity index (χ1) is 12.8. The fourth-order valence-electron chi connectivity index (χ4n) is 2.51. The zero-order chi connectivity index (χ0) is 17.8. The summed E-state index contributed by atoms with van der Waals surface area (Å²) in [5.41, 5.74) is 1.16. The molecule has 0 bridgehead atoms. The third kappa shape index (κ3) is 3.44. The van der Waals surface area contributed by atoms with E-state index < -0.39 is 5.97 Å². The SMILES string of the molecule is O=C(OCc1ccccc1Oc1cccnc1)c1ccc2c(c1)OCO2. The van der Waals surface area contributed by atoms with Crippen molar-refractivity contribution in [2.45, 2.75) is 6.61 Å². The topological polar surface area (TPSA) is 66.9 Å². The second-order valence-electron chi connectivity index (χ2n) is 5.54. The molecule has 0 aliphatic carbocycles. The quantitative estimate of drug-likeness (QED) is 0.650. The normalized spacial score (nSPS) is 11.8. The Morgan fingerprint density at radius 1 is 1.04 bits per heavy atom. The predicted molar refractivity (Wildman–Crippen MR) is 92.4 cm³/mol. The highest BCUT2D eigenvalue weighted by molar-refractivity contribution is 5.90. The zero-order valence-corrected chi connectivity index (χ0v) is 13.8. The van der Waals surface area contributed by atoms with Gasteiger partial charge in [-0.2, -0.15) is 0 Å². The minimum atomic E-state index is -0.445. The Morgan fingerprint density at radius 2 is 1.92 bits per heavy atom. The summed E-state index contributed by atoms with van der Waals surface area (Å²) < 4.78 is 21.8. The van der Waals surface area contributed by atoms with Crippen LogP contribution in [0.1, 0.15) is 15.9 Å². The van der Waals surface area contributed by atoms with Crippen LogP contribution in [0.4, 0.5) is 0 Å². The minimum Gasteiger partial charge on any atom is -0.457 e. The van der Waals surface area contributed by atoms with E-state index in [0.717, 1.165) is 5.56 Å². The highest BCUT2D eigenvalue weighted by Gasteiger charge is 2.17. The standard InChI is InChI=1S/C20H15NO5/c22-20(14-7-8-18-19(10-14)25-13-24-18)23-12-15-4-1-2-6-17(15)26-16-5-3-9-21-11-16/h1-11H,12-13H2. The van der Waals surface area contributed by atoms with E-state index in [-0.39, 0.29) is 13.4 Å². The number of benzene rings is 2. The van der Waals surface area contributed by atoms with Crippen LogP contribution in [0.25, 0.3) is 0 Å². The lowest BCUT2D eigenvalue weighted by Crippen LogP contribution is -2.06. The summed E-state index contributed by atoms with van der Waals surface area (Å²) in [6.07, 6.45) is 3.29. The van der Waals surface area contributed by atoms with Crippen molar-refractivity contribution in [2.75, 3.05) is 6.79 Å². The molecule has 1 aliphatic rings. The van der Waals surface area contributed by atoms with Gasteiger partial charge in [0.25, 0.3) is 0 Å². The van der Waals surface area contributed by atoms with E-state index in [0.29, 0.717) is 28.6 Å². The fourth-order valence-corrected chi connectivity index (χ4v) is 2.51. The van der Waals surface area contributed by atoms with E-state index in [2.05, 4.69) is 4.98 Å². The molecule has 3 aromatic rings. The van der Waals surface area contributed by atoms with Crippen LogP contribution in [-0.2, 0) is 11.3 Å². The zero-order valence-electron chi connectivity index (χ0n) is 13.8. The van der Waals surface area contributed by atoms with Crippen molar-refractivity contribution in [3.63, 3.8) is 0 Å². The molecule has 0 N–H and O–H groups in total. The number of rotatable bonds is 5. The summed E-state index contributed by atoms with van der Waals surface area (Å²) in [4.78, 5) is 16.3. The van der Waals surface area contributed by atoms with Crippen LogP contribution in [0.15, 0.2) is 67.0 Å². The van der Waals surface area contributed by atoms with Crippen molar-refractivity contribution in [1.29, 1.82) is 0 Å². The van der Waals surface area contributed by atoms with Crippen molar-refractivity contribution in [3.8, 4) is 23.0 Å². The van der Waals surface area contributed by atoms with Crippen molar-refractivity contribution in [3.05, 3.63) is 78.1 Å². The molecule has 6 nitrogen and oxygen atoms in total. The van der Waals surface area contributed by atoms with Gasteiger partial charge in [0.2, 0.25) is 6.79 Å². The molecule has 0 saturated heterocycles. The number of esters is 1. The van der Waals surface area contributed by atoms with Crippen LogP contribution >= 0.6 is 0 Å². The van der Waals surface area contributed by atoms with Gasteiger partial charge in [-0.25, -0.2) is 4.79 Å². The molecule has 26 heavy (non-hydrogen) atoms. The van der Waals surface area contributed by atoms with Crippen molar-refractivity contribution in [2.24, 2.45) is 0 Å². The first kappa shape index (κ1) is 16.0. The maximum atomic E-state index is 12.3. The average molecular weight is 349 g/mol. The third-order valence-electron chi connectivity index (χ3n) is 3.80. The van der Waals surface area contributed by atoms with Gasteiger partial charge >= 0.3 is 5.97 Å². The molecule has 0 spiro atoms. The summed E-state index contributed by atoms with van der Waals surface area (Å²) in [5.74, 6) is 1.94. The smallest absolute Gasteiger partial charge is 0.338 e. The number of pyridine rings is 1. The van der Waals surface area contributed by atoms with Crippen LogP contribution in [0.2, 0.25) is 0 Å². The molecule has 6 heteroatoms. The van der Waals surface area contributed by atoms with Gasteiger partial charge in [-0.1, -0.05) is 18.2 Å². The van der Waals surface area contributed by atoms with Crippen LogP contribution in [-0.4, -0.2) is 17.7 Å². The second kappa shape index (κ2) is 7.14. The Balaban J connectivity index is 1.45. The molecule has 2 aromatic carbocycles. The highest BCUT2D eigenvalue weighted by Crippen LogP contribution is 2.33. The summed E-state index contributed by atoms with van der Waals surface area (Å²) in [6, 6.07) is 15.9. The van der Waals surface area contributed by atoms with Crippen molar-refractivity contribution in [1.82, 2.24) is 4.98 Å². The Morgan fingerprint density at radius 3 is 2.81 bits per heavy atom. The predicted octanol–water partition coefficient (Wildman–Crippen LogP) is 3.96. The lowest BCUT2D eigenvalue weighted by molar-refractivity contribution is 0.0470. The number of ether oxygens (including phenoxy) is 4. The Bertz CT molecular complexity index is 926. The Hall–Kier alpha value is -3.54. The van der Waals surface area contributed by atoms with E-state index in [9.17, 15) is 4.79 Å². The van der Waals surface area contributed by atoms with E-state index in [1.54, 1.807) is 36.7 Å². The molecule has 0 amide bonds. The molecule has 0 unspecified atom stereocenters. The van der Waals surface area contributed by atoms with Gasteiger partial charge in [0.15, 0.2) is 11.5 Å². The monoisotopic (exact) mass is 349 g/mol. The fraction of sp³-hybridized carbons (Fsp3) is 0.100. The number of hydrogen-bond donors (Lipinski definition) is 0. The molecule has 4 rings (SSSR count). The molecule has 0 atom stereocenters. The molecule has 0 saturated carbocycles. The average Bonchev–Trinajstić information content (AvgIpc) is 3.16. The Labute approximate surface area is 149 Å². The van der Waals surface area contributed by atoms with Gasteiger partial charge in [0, 0.05) is 11.8 Å². The van der Waals surface area contributed by atoms with Crippen LogP contribution in [0.3, 0.4) is 0 Å². The largest absolute Gasteiger partial charge is 0.457 e. The number of hydrogen-bond acceptors (Lipinski definition) is 6. The van der Waals surface area contributed by atoms with Crippen molar-refractivity contribution >= 4 is 5.97 Å². The molecule has 0 radical (unpaired) electrons. The first-order valence-electron chi connectivity index (χ1n) is 8.02. The Kier molecular flexibility index (Phi) is 4.38. The van der Waals surface area contributed by atoms with E-state index in [4.69, 9.17) is 18.9 Å². The molecule has 130 valence electrons. The van der Waals surface area contributed by atoms with Crippen LogP contribution in [0, 0.1) is 0 Å². The van der Waals surface area contributed by atoms with Gasteiger partial charge in [-0.15, -0.1) is 0 Å². The molecule has 1 aromatic heterocycles. The maximum absolute atomic E-state index is 12.3. The van der Waals surface area contributed by atoms with Crippen LogP contribution in [0.5, 0.6) is 23.0 Å². The number of carbonyl (C=O) groups is 1. The van der Waals surface area contributed by atoms with Crippen LogP contribution < -0.4 is 14.2 Å². The van der Waals surface area contributed by atoms with Crippen molar-refractivity contribution < 1.29 is 23.7 Å². The summed E-state index contributed by atoms with van der Waals surface area (Å²) in [7, 11) is 0. The van der Waals surface area contributed by atoms with E-state index in [1.165, 1.54) is 0 Å². The molecule has 0 fully saturated rings. The van der Waals surface area contributed by atoms with Gasteiger partial charge in [-0.3, -0.25) is 4.98 Å². The lowest BCUT2D eigenvalue weighted by Gasteiger charge is -2.11. The third-order valence-corrected chi connectivity index (χ3v) is 3.80. The lowest BCUT2D eigenvalue weighted by atomic mass is 10.2. The number of fused-ring (bicyclic) bond motifs is 1. The molecule has 1 aliphatic heterocycles. The first-order valence-corrected chi connectivity index (χ1v) is 8.02. The highest BCUT2D eigenvalue weighted by atomic mass is 16.7. The van der Waals surface area contributed by atoms with Gasteiger partial charge in [0.1, 0.15) is 18.1 Å². The van der Waals surface area contributed by atoms with Gasteiger partial charge in [-0.05, 0) is 36.4 Å². The summed E-state index contributed by atoms with van der Waals surface area (Å²) in [5, 5.41) is 0. The number of para-hydroxylation sites is 1. The summed E-state index contributed by atoms with van der Waals surface area (Å²) in [6.45, 7) is 0.247. The summed E-state index contributed by atoms with van der Waals surface area (Å²) >= 11 is 0. The number of aromatic nitrogens is 1. The molecular formula is C20H15NO5. The minimum absolute atomic E-state index is 0.0870. The molecule has 2 heterocycles. The van der Waals surface area contributed by atoms with Gasteiger partial charge in [0.05, 0.1) is 11.8 Å². The van der Waals surface area contributed by atoms with Gasteiger partial charge < -0.3 is 18.9 Å². The second-order valence-corrected chi connectivity index (χ2v) is 5.54. The van der Waals surface area contributed by atoms with E-state index in [1.807, 2.05) is 30.3 Å². The molecular weight excluding hydrogens is 334 g/mol. The number of nitrogens with zero attached hydrogens (tertiary/aromatic N) is 1. The number of carbonyl (C=O) groups excluding carboxylic acids is 1.